The van der Waals surface area contributed by atoms with E-state index in [2.05, 4.69) is 193 Å². The van der Waals surface area contributed by atoms with Gasteiger partial charge in [0, 0.05) is 38.9 Å². The van der Waals surface area contributed by atoms with Crippen LogP contribution in [-0.2, 0) is 5.41 Å². The fraction of sp³-hybridized carbons (Fsp3) is 0.0667. The molecule has 0 saturated heterocycles. The molecule has 0 spiro atoms. The van der Waals surface area contributed by atoms with E-state index < -0.39 is 0 Å². The van der Waals surface area contributed by atoms with Gasteiger partial charge in [-0.2, -0.15) is 0 Å². The molecule has 2 nitrogen and oxygen atoms in total. The molecule has 7 aromatic carbocycles. The molecule has 0 saturated carbocycles. The zero-order valence-corrected chi connectivity index (χ0v) is 26.6. The molecule has 1 aliphatic rings. The van der Waals surface area contributed by atoms with Gasteiger partial charge in [0.25, 0.3) is 0 Å². The Bertz CT molecular complexity index is 2400. The van der Waals surface area contributed by atoms with Gasteiger partial charge in [0.05, 0.1) is 11.0 Å². The first-order chi connectivity index (χ1) is 23.1. The molecule has 47 heavy (non-hydrogen) atoms. The summed E-state index contributed by atoms with van der Waals surface area (Å²) in [5, 5.41) is 2.58. The molecule has 2 heteroatoms. The summed E-state index contributed by atoms with van der Waals surface area (Å²) in [6.45, 7) is 4.76. The Kier molecular flexibility index (Phi) is 6.20. The molecular formula is C45H34N2. The van der Waals surface area contributed by atoms with Gasteiger partial charge in [-0.3, -0.25) is 0 Å². The molecular weight excluding hydrogens is 569 g/mol. The van der Waals surface area contributed by atoms with E-state index in [1.165, 1.54) is 55.2 Å². The maximum atomic E-state index is 2.49. The van der Waals surface area contributed by atoms with E-state index in [1.54, 1.807) is 0 Å². The number of aromatic nitrogens is 1. The predicted molar refractivity (Wildman–Crippen MR) is 198 cm³/mol. The third-order valence-corrected chi connectivity index (χ3v) is 9.97. The smallest absolute Gasteiger partial charge is 0.0588 e. The summed E-state index contributed by atoms with van der Waals surface area (Å²) in [5.41, 5.74) is 14.9. The maximum absolute atomic E-state index is 2.49. The first-order valence-corrected chi connectivity index (χ1v) is 16.4. The highest BCUT2D eigenvalue weighted by molar-refractivity contribution is 6.13. The van der Waals surface area contributed by atoms with E-state index in [1.807, 2.05) is 0 Å². The SMILES string of the molecule is CC1(C)c2ccccc2-c2ccc3c4ccccc4n(-c4ccc(N(c5ccccc5)c5ccc(-c6ccccc6)cc5)cc4)c3c21. The minimum atomic E-state index is -0.118. The molecule has 0 N–H and O–H groups in total. The monoisotopic (exact) mass is 602 g/mol. The summed E-state index contributed by atoms with van der Waals surface area (Å²) in [7, 11) is 0. The maximum Gasteiger partial charge on any atom is 0.0588 e. The molecule has 224 valence electrons. The normalized spacial score (nSPS) is 13.1. The Morgan fingerprint density at radius 3 is 1.77 bits per heavy atom. The molecule has 1 aliphatic carbocycles. The fourth-order valence-corrected chi connectivity index (χ4v) is 7.79. The van der Waals surface area contributed by atoms with E-state index in [0.29, 0.717) is 0 Å². The summed E-state index contributed by atoms with van der Waals surface area (Å²) in [5.74, 6) is 0. The Morgan fingerprint density at radius 2 is 1.02 bits per heavy atom. The van der Waals surface area contributed by atoms with Gasteiger partial charge in [0.15, 0.2) is 0 Å². The van der Waals surface area contributed by atoms with Crippen LogP contribution in [0.4, 0.5) is 17.1 Å². The Balaban J connectivity index is 1.20. The van der Waals surface area contributed by atoms with Crippen LogP contribution in [0.2, 0.25) is 0 Å². The first kappa shape index (κ1) is 27.5. The molecule has 1 aromatic heterocycles. The minimum Gasteiger partial charge on any atom is -0.311 e. The second kappa shape index (κ2) is 10.6. The van der Waals surface area contributed by atoms with Crippen LogP contribution in [-0.4, -0.2) is 4.57 Å². The molecule has 1 heterocycles. The highest BCUT2D eigenvalue weighted by atomic mass is 15.1. The number of benzene rings is 7. The molecule has 8 aromatic rings. The van der Waals surface area contributed by atoms with Gasteiger partial charge in [-0.1, -0.05) is 129 Å². The molecule has 0 amide bonds. The van der Waals surface area contributed by atoms with E-state index >= 15 is 0 Å². The molecule has 0 atom stereocenters. The van der Waals surface area contributed by atoms with E-state index in [4.69, 9.17) is 0 Å². The number of para-hydroxylation sites is 2. The molecule has 0 bridgehead atoms. The van der Waals surface area contributed by atoms with Crippen molar-refractivity contribution in [2.45, 2.75) is 19.3 Å². The van der Waals surface area contributed by atoms with Crippen molar-refractivity contribution in [3.05, 3.63) is 181 Å². The van der Waals surface area contributed by atoms with Crippen molar-refractivity contribution in [2.75, 3.05) is 4.90 Å². The molecule has 0 radical (unpaired) electrons. The summed E-state index contributed by atoms with van der Waals surface area (Å²) in [6.07, 6.45) is 0. The predicted octanol–water partition coefficient (Wildman–Crippen LogP) is 12.2. The number of hydrogen-bond acceptors (Lipinski definition) is 1. The molecule has 0 fully saturated rings. The highest BCUT2D eigenvalue weighted by Crippen LogP contribution is 2.53. The lowest BCUT2D eigenvalue weighted by molar-refractivity contribution is 0.664. The van der Waals surface area contributed by atoms with Gasteiger partial charge in [0.1, 0.15) is 0 Å². The zero-order valence-electron chi connectivity index (χ0n) is 26.6. The van der Waals surface area contributed by atoms with Crippen molar-refractivity contribution in [3.8, 4) is 27.9 Å². The zero-order chi connectivity index (χ0) is 31.5. The second-order valence-electron chi connectivity index (χ2n) is 13.0. The van der Waals surface area contributed by atoms with Crippen molar-refractivity contribution in [2.24, 2.45) is 0 Å². The van der Waals surface area contributed by atoms with Crippen LogP contribution < -0.4 is 4.90 Å². The minimum absolute atomic E-state index is 0.118. The number of anilines is 3. The Labute approximate surface area is 275 Å². The van der Waals surface area contributed by atoms with Gasteiger partial charge in [-0.05, 0) is 88.0 Å². The topological polar surface area (TPSA) is 8.17 Å². The van der Waals surface area contributed by atoms with Crippen LogP contribution in [0.15, 0.2) is 170 Å². The van der Waals surface area contributed by atoms with Gasteiger partial charge in [-0.15, -0.1) is 0 Å². The lowest BCUT2D eigenvalue weighted by Gasteiger charge is -2.26. The number of fused-ring (bicyclic) bond motifs is 7. The fourth-order valence-electron chi connectivity index (χ4n) is 7.79. The second-order valence-corrected chi connectivity index (χ2v) is 13.0. The van der Waals surface area contributed by atoms with Gasteiger partial charge >= 0.3 is 0 Å². The van der Waals surface area contributed by atoms with Crippen LogP contribution in [0.1, 0.15) is 25.0 Å². The van der Waals surface area contributed by atoms with Gasteiger partial charge in [0.2, 0.25) is 0 Å². The van der Waals surface area contributed by atoms with Gasteiger partial charge in [-0.25, -0.2) is 0 Å². The highest BCUT2D eigenvalue weighted by Gasteiger charge is 2.38. The number of nitrogens with zero attached hydrogens (tertiary/aromatic N) is 2. The third-order valence-electron chi connectivity index (χ3n) is 9.97. The average Bonchev–Trinajstić information content (AvgIpc) is 3.58. The lowest BCUT2D eigenvalue weighted by atomic mass is 9.81. The standard InChI is InChI=1S/C45H34N2/c1-45(2)41-19-11-9-17-37(41)39-29-30-40-38-18-10-12-20-42(38)47(44(40)43(39)45)36-27-25-35(26-28-36)46(33-15-7-4-8-16-33)34-23-21-32(22-24-34)31-13-5-3-6-14-31/h3-30H,1-2H3. The van der Waals surface area contributed by atoms with Crippen LogP contribution in [0.5, 0.6) is 0 Å². The lowest BCUT2D eigenvalue weighted by Crippen LogP contribution is -2.16. The summed E-state index contributed by atoms with van der Waals surface area (Å²) >= 11 is 0. The molecule has 0 unspecified atom stereocenters. The number of hydrogen-bond donors (Lipinski definition) is 0. The summed E-state index contributed by atoms with van der Waals surface area (Å²) < 4.78 is 2.49. The van der Waals surface area contributed by atoms with Crippen LogP contribution in [0, 0.1) is 0 Å². The first-order valence-electron chi connectivity index (χ1n) is 16.4. The summed E-state index contributed by atoms with van der Waals surface area (Å²) in [4.78, 5) is 2.34. The van der Waals surface area contributed by atoms with Gasteiger partial charge < -0.3 is 9.47 Å². The molecule has 0 aliphatic heterocycles. The quantitative estimate of drug-likeness (QED) is 0.190. The number of rotatable bonds is 5. The van der Waals surface area contributed by atoms with Crippen molar-refractivity contribution >= 4 is 38.9 Å². The van der Waals surface area contributed by atoms with E-state index in [0.717, 1.165) is 22.7 Å². The summed E-state index contributed by atoms with van der Waals surface area (Å²) in [6, 6.07) is 61.6. The third kappa shape index (κ3) is 4.26. The largest absolute Gasteiger partial charge is 0.311 e. The molecule has 9 rings (SSSR count). The van der Waals surface area contributed by atoms with Crippen molar-refractivity contribution in [3.63, 3.8) is 0 Å². The van der Waals surface area contributed by atoms with Crippen LogP contribution >= 0.6 is 0 Å². The Hall–Kier alpha value is -5.86. The van der Waals surface area contributed by atoms with Crippen molar-refractivity contribution < 1.29 is 0 Å². The van der Waals surface area contributed by atoms with Crippen molar-refractivity contribution in [1.82, 2.24) is 4.57 Å². The van der Waals surface area contributed by atoms with Crippen LogP contribution in [0.25, 0.3) is 49.7 Å². The Morgan fingerprint density at radius 1 is 0.447 bits per heavy atom. The van der Waals surface area contributed by atoms with E-state index in [9.17, 15) is 0 Å². The average molecular weight is 603 g/mol. The van der Waals surface area contributed by atoms with E-state index in [-0.39, 0.29) is 5.41 Å². The van der Waals surface area contributed by atoms with Crippen molar-refractivity contribution in [1.29, 1.82) is 0 Å². The van der Waals surface area contributed by atoms with Crippen LogP contribution in [0.3, 0.4) is 0 Å².